The number of nitrogens with zero attached hydrogens (tertiary/aromatic N) is 1. The number of hydrogen-bond donors (Lipinski definition) is 1. The lowest BCUT2D eigenvalue weighted by Gasteiger charge is -2.25. The number of benzene rings is 1. The fourth-order valence-corrected chi connectivity index (χ4v) is 3.28. The lowest BCUT2D eigenvalue weighted by molar-refractivity contribution is 0.0442. The van der Waals surface area contributed by atoms with E-state index in [-0.39, 0.29) is 0 Å². The summed E-state index contributed by atoms with van der Waals surface area (Å²) in [5.41, 5.74) is -0.422. The summed E-state index contributed by atoms with van der Waals surface area (Å²) < 4.78 is 5.34. The molecule has 22 heavy (non-hydrogen) atoms. The van der Waals surface area contributed by atoms with Crippen LogP contribution < -0.4 is 0 Å². The van der Waals surface area contributed by atoms with Gasteiger partial charge in [0.25, 0.3) is 0 Å². The van der Waals surface area contributed by atoms with E-state index in [1.807, 2.05) is 47.8 Å². The second-order valence-electron chi connectivity index (χ2n) is 5.24. The zero-order chi connectivity index (χ0) is 15.3. The second-order valence-corrected chi connectivity index (χ2v) is 6.19. The van der Waals surface area contributed by atoms with Gasteiger partial charge >= 0.3 is 0 Å². The van der Waals surface area contributed by atoms with Crippen molar-refractivity contribution in [3.63, 3.8) is 0 Å². The van der Waals surface area contributed by atoms with Crippen molar-refractivity contribution in [1.29, 1.82) is 0 Å². The molecule has 1 N–H and O–H groups in total. The van der Waals surface area contributed by atoms with Crippen molar-refractivity contribution in [3.05, 3.63) is 58.3 Å². The van der Waals surface area contributed by atoms with E-state index in [1.54, 1.807) is 0 Å². The fraction of sp³-hybridized carbons (Fsp3) is 0.333. The third kappa shape index (κ3) is 3.40. The average Bonchev–Trinajstić information content (AvgIpc) is 3.12. The summed E-state index contributed by atoms with van der Waals surface area (Å²) in [5, 5.41) is 13.1. The van der Waals surface area contributed by atoms with E-state index in [9.17, 15) is 5.11 Å². The summed E-state index contributed by atoms with van der Waals surface area (Å²) in [5.74, 6) is 6.26. The monoisotopic (exact) mass is 313 g/mol. The Kier molecular flexibility index (Phi) is 4.91. The molecule has 1 aliphatic rings. The van der Waals surface area contributed by atoms with Crippen molar-refractivity contribution < 1.29 is 9.84 Å². The van der Waals surface area contributed by atoms with Crippen molar-refractivity contribution in [3.8, 4) is 11.8 Å². The summed E-state index contributed by atoms with van der Waals surface area (Å²) in [6.45, 7) is 3.98. The van der Waals surface area contributed by atoms with Gasteiger partial charge in [0.05, 0.1) is 24.6 Å². The molecule has 0 amide bonds. The molecule has 0 spiro atoms. The van der Waals surface area contributed by atoms with Crippen LogP contribution in [0.25, 0.3) is 0 Å². The molecule has 0 unspecified atom stereocenters. The van der Waals surface area contributed by atoms with E-state index in [0.717, 1.165) is 36.7 Å². The third-order valence-electron chi connectivity index (χ3n) is 3.74. The maximum atomic E-state index is 11.2. The highest BCUT2D eigenvalue weighted by molar-refractivity contribution is 7.10. The Morgan fingerprint density at radius 3 is 2.59 bits per heavy atom. The van der Waals surface area contributed by atoms with E-state index in [1.165, 1.54) is 11.3 Å². The Labute approximate surface area is 135 Å². The van der Waals surface area contributed by atoms with Gasteiger partial charge in [0.15, 0.2) is 5.60 Å². The number of ether oxygens (including phenoxy) is 1. The van der Waals surface area contributed by atoms with Gasteiger partial charge in [0.1, 0.15) is 0 Å². The lowest BCUT2D eigenvalue weighted by Crippen LogP contribution is -2.36. The Balaban J connectivity index is 1.84. The van der Waals surface area contributed by atoms with Crippen LogP contribution >= 0.6 is 11.3 Å². The summed E-state index contributed by atoms with van der Waals surface area (Å²) in [6, 6.07) is 13.5. The highest BCUT2D eigenvalue weighted by Crippen LogP contribution is 2.32. The molecule has 0 radical (unpaired) electrons. The molecule has 0 saturated carbocycles. The molecule has 4 heteroatoms. The molecule has 114 valence electrons. The maximum Gasteiger partial charge on any atom is 0.186 e. The first-order valence-corrected chi connectivity index (χ1v) is 8.29. The molecule has 3 rings (SSSR count). The summed E-state index contributed by atoms with van der Waals surface area (Å²) >= 11 is 1.52. The number of morpholine rings is 1. The van der Waals surface area contributed by atoms with Gasteiger partial charge in [-0.15, -0.1) is 11.3 Å². The minimum absolute atomic E-state index is 0.657. The van der Waals surface area contributed by atoms with Crippen LogP contribution in [0, 0.1) is 11.8 Å². The SMILES string of the molecule is O[C@@](C#CCN1CCOCC1)(c1ccccc1)c1cccs1. The van der Waals surface area contributed by atoms with Gasteiger partial charge < -0.3 is 9.84 Å². The van der Waals surface area contributed by atoms with Gasteiger partial charge in [-0.05, 0) is 11.4 Å². The van der Waals surface area contributed by atoms with Gasteiger partial charge in [0, 0.05) is 18.7 Å². The normalized spacial score (nSPS) is 18.2. The van der Waals surface area contributed by atoms with Crippen LogP contribution in [0.15, 0.2) is 47.8 Å². The fourth-order valence-electron chi connectivity index (χ4n) is 2.48. The van der Waals surface area contributed by atoms with Crippen molar-refractivity contribution >= 4 is 11.3 Å². The molecule has 1 aromatic carbocycles. The molecular formula is C18H19NO2S. The van der Waals surface area contributed by atoms with Crippen LogP contribution in [0.3, 0.4) is 0 Å². The van der Waals surface area contributed by atoms with Crippen LogP contribution in [0.5, 0.6) is 0 Å². The molecule has 2 aromatic rings. The summed E-state index contributed by atoms with van der Waals surface area (Å²) in [6.07, 6.45) is 0. The van der Waals surface area contributed by atoms with Crippen LogP contribution in [-0.4, -0.2) is 42.9 Å². The first-order valence-electron chi connectivity index (χ1n) is 7.41. The maximum absolute atomic E-state index is 11.2. The zero-order valence-corrected chi connectivity index (χ0v) is 13.2. The minimum Gasteiger partial charge on any atom is -0.379 e. The summed E-state index contributed by atoms with van der Waals surface area (Å²) in [4.78, 5) is 3.10. The molecule has 1 aliphatic heterocycles. The number of hydrogen-bond acceptors (Lipinski definition) is 4. The second kappa shape index (κ2) is 7.08. The van der Waals surface area contributed by atoms with Gasteiger partial charge in [-0.3, -0.25) is 4.90 Å². The molecule has 2 heterocycles. The Bertz CT molecular complexity index is 639. The van der Waals surface area contributed by atoms with Gasteiger partial charge in [-0.1, -0.05) is 48.2 Å². The van der Waals surface area contributed by atoms with E-state index < -0.39 is 5.60 Å². The largest absolute Gasteiger partial charge is 0.379 e. The molecule has 1 fully saturated rings. The predicted molar refractivity (Wildman–Crippen MR) is 88.8 cm³/mol. The Morgan fingerprint density at radius 2 is 1.91 bits per heavy atom. The number of thiophene rings is 1. The summed E-state index contributed by atoms with van der Waals surface area (Å²) in [7, 11) is 0. The number of rotatable bonds is 3. The molecule has 0 aliphatic carbocycles. The van der Waals surface area contributed by atoms with Gasteiger partial charge in [0.2, 0.25) is 0 Å². The average molecular weight is 313 g/mol. The van der Waals surface area contributed by atoms with E-state index in [2.05, 4.69) is 16.7 Å². The lowest BCUT2D eigenvalue weighted by atomic mass is 9.93. The van der Waals surface area contributed by atoms with Crippen LogP contribution in [-0.2, 0) is 10.3 Å². The molecular weight excluding hydrogens is 294 g/mol. The smallest absolute Gasteiger partial charge is 0.186 e. The molecule has 1 aromatic heterocycles. The van der Waals surface area contributed by atoms with E-state index >= 15 is 0 Å². The van der Waals surface area contributed by atoms with Crippen LogP contribution in [0.4, 0.5) is 0 Å². The van der Waals surface area contributed by atoms with Gasteiger partial charge in [-0.2, -0.15) is 0 Å². The molecule has 0 bridgehead atoms. The predicted octanol–water partition coefficient (Wildman–Crippen LogP) is 2.32. The standard InChI is InChI=1S/C18H19NO2S/c20-18(17-8-4-15-22-17,16-6-2-1-3-7-16)9-5-10-19-11-13-21-14-12-19/h1-4,6-8,15,20H,10-14H2/t18-/m0/s1. The van der Waals surface area contributed by atoms with Crippen LogP contribution in [0.2, 0.25) is 0 Å². The number of aliphatic hydroxyl groups is 1. The molecule has 1 saturated heterocycles. The van der Waals surface area contributed by atoms with Gasteiger partial charge in [-0.25, -0.2) is 0 Å². The van der Waals surface area contributed by atoms with Crippen molar-refractivity contribution in [2.75, 3.05) is 32.8 Å². The molecule has 3 nitrogen and oxygen atoms in total. The van der Waals surface area contributed by atoms with Crippen LogP contribution in [0.1, 0.15) is 10.4 Å². The Morgan fingerprint density at radius 1 is 1.14 bits per heavy atom. The highest BCUT2D eigenvalue weighted by atomic mass is 32.1. The highest BCUT2D eigenvalue weighted by Gasteiger charge is 2.30. The first-order chi connectivity index (χ1) is 10.8. The van der Waals surface area contributed by atoms with E-state index in [0.29, 0.717) is 6.54 Å². The van der Waals surface area contributed by atoms with E-state index in [4.69, 9.17) is 4.74 Å². The molecule has 1 atom stereocenters. The first kappa shape index (κ1) is 15.3. The van der Waals surface area contributed by atoms with Crippen molar-refractivity contribution in [2.45, 2.75) is 5.60 Å². The zero-order valence-electron chi connectivity index (χ0n) is 12.4. The Hall–Kier alpha value is -1.64. The topological polar surface area (TPSA) is 32.7 Å². The minimum atomic E-state index is -1.23. The third-order valence-corrected chi connectivity index (χ3v) is 4.72. The quantitative estimate of drug-likeness (QED) is 0.883. The van der Waals surface area contributed by atoms with Crippen molar-refractivity contribution in [1.82, 2.24) is 4.90 Å². The van der Waals surface area contributed by atoms with Crippen molar-refractivity contribution in [2.24, 2.45) is 0 Å².